The molecule has 1 aliphatic heterocycles. The van der Waals surface area contributed by atoms with Gasteiger partial charge >= 0.3 is 6.03 Å². The molecular formula is C24H32N2O4S. The lowest BCUT2D eigenvalue weighted by Crippen LogP contribution is -2.34. The number of anilines is 1. The highest BCUT2D eigenvalue weighted by atomic mass is 32.2. The van der Waals surface area contributed by atoms with Crippen molar-refractivity contribution >= 4 is 22.5 Å². The Kier molecular flexibility index (Phi) is 7.26. The molecule has 2 aromatic rings. The van der Waals surface area contributed by atoms with Gasteiger partial charge in [0.1, 0.15) is 11.5 Å². The Bertz CT molecular complexity index is 955. The normalized spacial score (nSPS) is 17.3. The van der Waals surface area contributed by atoms with E-state index in [-0.39, 0.29) is 16.8 Å². The van der Waals surface area contributed by atoms with Crippen LogP contribution in [-0.2, 0) is 16.6 Å². The molecule has 6 nitrogen and oxygen atoms in total. The highest BCUT2D eigenvalue weighted by Crippen LogP contribution is 2.39. The van der Waals surface area contributed by atoms with Crippen molar-refractivity contribution in [3.63, 3.8) is 0 Å². The lowest BCUT2D eigenvalue weighted by Gasteiger charge is -2.27. The van der Waals surface area contributed by atoms with Gasteiger partial charge in [-0.1, -0.05) is 12.1 Å². The van der Waals surface area contributed by atoms with E-state index in [1.165, 1.54) is 0 Å². The Balaban J connectivity index is 1.75. The number of nitrogens with one attached hydrogen (secondary N) is 1. The molecule has 2 amide bonds. The van der Waals surface area contributed by atoms with E-state index >= 15 is 0 Å². The third kappa shape index (κ3) is 5.58. The number of carbonyl (C=O) groups excluding carboxylic acids is 1. The Hall–Kier alpha value is -2.54. The Morgan fingerprint density at radius 3 is 2.61 bits per heavy atom. The second-order valence-electron chi connectivity index (χ2n) is 8.69. The Morgan fingerprint density at radius 2 is 1.94 bits per heavy atom. The maximum atomic E-state index is 13.1. The van der Waals surface area contributed by atoms with Gasteiger partial charge in [-0.15, -0.1) is 0 Å². The van der Waals surface area contributed by atoms with Crippen LogP contribution in [-0.4, -0.2) is 40.7 Å². The van der Waals surface area contributed by atoms with Gasteiger partial charge in [0, 0.05) is 45.2 Å². The van der Waals surface area contributed by atoms with Crippen molar-refractivity contribution in [1.29, 1.82) is 0 Å². The molecule has 0 spiro atoms. The Morgan fingerprint density at radius 1 is 1.16 bits per heavy atom. The standard InChI is InChI=1S/C24H32N2O4S/c1-24(2,3)31(28)16-17-8-6-9-18(14-17)25-23(27)26-13-7-10-21(26)20-12-11-19(29-4)15-22(20)30-5/h6,8-9,11-12,14-15,21H,7,10,13,16H2,1-5H3,(H,25,27). The average Bonchev–Trinajstić information content (AvgIpc) is 3.22. The van der Waals surface area contributed by atoms with E-state index in [1.54, 1.807) is 14.2 Å². The number of benzene rings is 2. The molecule has 1 saturated heterocycles. The molecule has 1 aliphatic rings. The van der Waals surface area contributed by atoms with Crippen LogP contribution < -0.4 is 14.8 Å². The molecule has 0 radical (unpaired) electrons. The first-order valence-corrected chi connectivity index (χ1v) is 11.8. The monoisotopic (exact) mass is 444 g/mol. The maximum Gasteiger partial charge on any atom is 0.322 e. The number of amides is 2. The fourth-order valence-electron chi connectivity index (χ4n) is 3.73. The predicted octanol–water partition coefficient (Wildman–Crippen LogP) is 5.12. The first kappa shape index (κ1) is 23.1. The lowest BCUT2D eigenvalue weighted by molar-refractivity contribution is 0.206. The van der Waals surface area contributed by atoms with Gasteiger partial charge < -0.3 is 19.7 Å². The van der Waals surface area contributed by atoms with Crippen LogP contribution >= 0.6 is 0 Å². The summed E-state index contributed by atoms with van der Waals surface area (Å²) in [4.78, 5) is 15.0. The van der Waals surface area contributed by atoms with E-state index in [0.29, 0.717) is 18.0 Å². The van der Waals surface area contributed by atoms with Gasteiger partial charge in [-0.25, -0.2) is 4.79 Å². The number of rotatable bonds is 6. The molecule has 2 aromatic carbocycles. The fourth-order valence-corrected chi connectivity index (χ4v) is 4.64. The zero-order chi connectivity index (χ0) is 22.6. The van der Waals surface area contributed by atoms with Gasteiger partial charge in [0.15, 0.2) is 0 Å². The molecule has 168 valence electrons. The lowest BCUT2D eigenvalue weighted by atomic mass is 10.0. The number of hydrogen-bond donors (Lipinski definition) is 1. The molecule has 3 rings (SSSR count). The number of nitrogens with zero attached hydrogens (tertiary/aromatic N) is 1. The van der Waals surface area contributed by atoms with Gasteiger partial charge in [-0.2, -0.15) is 0 Å². The number of methoxy groups -OCH3 is 2. The molecule has 1 N–H and O–H groups in total. The van der Waals surface area contributed by atoms with Crippen LogP contribution in [0.25, 0.3) is 0 Å². The molecule has 2 atom stereocenters. The summed E-state index contributed by atoms with van der Waals surface area (Å²) in [6.45, 7) is 6.58. The minimum atomic E-state index is -0.996. The second kappa shape index (κ2) is 9.73. The summed E-state index contributed by atoms with van der Waals surface area (Å²) in [7, 11) is 2.25. The van der Waals surface area contributed by atoms with Crippen LogP contribution in [0.5, 0.6) is 11.5 Å². The van der Waals surface area contributed by atoms with Crippen molar-refractivity contribution in [1.82, 2.24) is 4.90 Å². The van der Waals surface area contributed by atoms with Gasteiger partial charge in [-0.3, -0.25) is 4.21 Å². The largest absolute Gasteiger partial charge is 0.497 e. The minimum absolute atomic E-state index is 0.0579. The fraction of sp³-hybridized carbons (Fsp3) is 0.458. The van der Waals surface area contributed by atoms with Crippen LogP contribution in [0.15, 0.2) is 42.5 Å². The third-order valence-corrected chi connectivity index (χ3v) is 7.43. The predicted molar refractivity (Wildman–Crippen MR) is 125 cm³/mol. The van der Waals surface area contributed by atoms with Gasteiger partial charge in [0.2, 0.25) is 0 Å². The highest BCUT2D eigenvalue weighted by Gasteiger charge is 2.32. The maximum absolute atomic E-state index is 13.1. The molecule has 0 saturated carbocycles. The topological polar surface area (TPSA) is 67.9 Å². The molecule has 0 aromatic heterocycles. The van der Waals surface area contributed by atoms with E-state index < -0.39 is 10.8 Å². The number of hydrogen-bond acceptors (Lipinski definition) is 4. The minimum Gasteiger partial charge on any atom is -0.497 e. The molecule has 0 bridgehead atoms. The van der Waals surface area contributed by atoms with Crippen LogP contribution in [0, 0.1) is 0 Å². The summed E-state index contributed by atoms with van der Waals surface area (Å²) < 4.78 is 23.1. The first-order valence-electron chi connectivity index (χ1n) is 10.5. The van der Waals surface area contributed by atoms with Crippen molar-refractivity contribution in [2.24, 2.45) is 0 Å². The summed E-state index contributed by atoms with van der Waals surface area (Å²) in [5.41, 5.74) is 2.63. The molecule has 31 heavy (non-hydrogen) atoms. The van der Waals surface area contributed by atoms with Crippen molar-refractivity contribution in [3.8, 4) is 11.5 Å². The summed E-state index contributed by atoms with van der Waals surface area (Å²) in [6, 6.07) is 13.1. The smallest absolute Gasteiger partial charge is 0.322 e. The SMILES string of the molecule is COc1ccc(C2CCCN2C(=O)Nc2cccc(CS(=O)C(C)(C)C)c2)c(OC)c1. The van der Waals surface area contributed by atoms with E-state index in [9.17, 15) is 9.00 Å². The molecule has 0 aliphatic carbocycles. The Labute approximate surface area is 187 Å². The summed E-state index contributed by atoms with van der Waals surface area (Å²) in [5.74, 6) is 1.90. The molecule has 1 heterocycles. The summed E-state index contributed by atoms with van der Waals surface area (Å²) in [6.07, 6.45) is 1.80. The van der Waals surface area contributed by atoms with Crippen LogP contribution in [0.1, 0.15) is 50.8 Å². The van der Waals surface area contributed by atoms with Crippen LogP contribution in [0.4, 0.5) is 10.5 Å². The van der Waals surface area contributed by atoms with Gasteiger partial charge in [-0.05, 0) is 63.4 Å². The number of carbonyl (C=O) groups is 1. The highest BCUT2D eigenvalue weighted by molar-refractivity contribution is 7.85. The summed E-state index contributed by atoms with van der Waals surface area (Å²) in [5, 5.41) is 3.02. The summed E-state index contributed by atoms with van der Waals surface area (Å²) >= 11 is 0. The number of urea groups is 1. The number of likely N-dealkylation sites (tertiary alicyclic amines) is 1. The van der Waals surface area contributed by atoms with E-state index in [1.807, 2.05) is 68.1 Å². The van der Waals surface area contributed by atoms with Crippen molar-refractivity contribution in [2.75, 3.05) is 26.1 Å². The van der Waals surface area contributed by atoms with E-state index in [0.717, 1.165) is 35.5 Å². The van der Waals surface area contributed by atoms with Crippen molar-refractivity contribution < 1.29 is 18.5 Å². The second-order valence-corrected chi connectivity index (χ2v) is 10.9. The molecule has 1 fully saturated rings. The van der Waals surface area contributed by atoms with E-state index in [2.05, 4.69) is 5.32 Å². The zero-order valence-electron chi connectivity index (χ0n) is 18.9. The average molecular weight is 445 g/mol. The first-order chi connectivity index (χ1) is 14.7. The number of ether oxygens (including phenoxy) is 2. The zero-order valence-corrected chi connectivity index (χ0v) is 19.8. The third-order valence-electron chi connectivity index (χ3n) is 5.47. The van der Waals surface area contributed by atoms with Crippen molar-refractivity contribution in [2.45, 2.75) is 50.2 Å². The molecule has 2 unspecified atom stereocenters. The molecular weight excluding hydrogens is 412 g/mol. The van der Waals surface area contributed by atoms with E-state index in [4.69, 9.17) is 9.47 Å². The van der Waals surface area contributed by atoms with Crippen LogP contribution in [0.2, 0.25) is 0 Å². The van der Waals surface area contributed by atoms with Crippen molar-refractivity contribution in [3.05, 3.63) is 53.6 Å². The quantitative estimate of drug-likeness (QED) is 0.671. The molecule has 7 heteroatoms. The van der Waals surface area contributed by atoms with Gasteiger partial charge in [0.05, 0.1) is 20.3 Å². The van der Waals surface area contributed by atoms with Gasteiger partial charge in [0.25, 0.3) is 0 Å². The van der Waals surface area contributed by atoms with Crippen LogP contribution in [0.3, 0.4) is 0 Å².